The minimum absolute atomic E-state index is 0.0731. The van der Waals surface area contributed by atoms with Crippen LogP contribution < -0.4 is 5.73 Å². The molecule has 7 heteroatoms. The largest absolute Gasteiger partial charge is 0.395 e. The summed E-state index contributed by atoms with van der Waals surface area (Å²) in [7, 11) is -3.69. The van der Waals surface area contributed by atoms with Gasteiger partial charge in [0.25, 0.3) is 0 Å². The summed E-state index contributed by atoms with van der Waals surface area (Å²) >= 11 is 6.07. The van der Waals surface area contributed by atoms with Gasteiger partial charge in [-0.05, 0) is 30.0 Å². The summed E-state index contributed by atoms with van der Waals surface area (Å²) in [6, 6.07) is 4.33. The predicted octanol–water partition coefficient (Wildman–Crippen LogP) is 1.19. The summed E-state index contributed by atoms with van der Waals surface area (Å²) in [6.45, 7) is 2.47. The van der Waals surface area contributed by atoms with Crippen molar-refractivity contribution in [3.63, 3.8) is 0 Å². The van der Waals surface area contributed by atoms with Gasteiger partial charge < -0.3 is 10.8 Å². The van der Waals surface area contributed by atoms with Crippen molar-refractivity contribution in [1.29, 1.82) is 0 Å². The molecular formula is C13H19ClN2O3S. The average molecular weight is 319 g/mol. The second-order valence-corrected chi connectivity index (χ2v) is 7.37. The molecule has 2 unspecified atom stereocenters. The van der Waals surface area contributed by atoms with Gasteiger partial charge in [-0.2, -0.15) is 4.31 Å². The van der Waals surface area contributed by atoms with E-state index in [1.165, 1.54) is 10.4 Å². The van der Waals surface area contributed by atoms with Gasteiger partial charge in [0, 0.05) is 13.1 Å². The van der Waals surface area contributed by atoms with Crippen LogP contribution in [0.2, 0.25) is 5.02 Å². The first kappa shape index (κ1) is 15.7. The van der Waals surface area contributed by atoms with E-state index in [0.29, 0.717) is 13.1 Å². The molecule has 1 saturated heterocycles. The summed E-state index contributed by atoms with van der Waals surface area (Å²) in [5, 5.41) is 9.58. The maximum atomic E-state index is 12.7. The average Bonchev–Trinajstić information content (AvgIpc) is 2.79. The predicted molar refractivity (Wildman–Crippen MR) is 77.9 cm³/mol. The Hall–Kier alpha value is -0.660. The monoisotopic (exact) mass is 318 g/mol. The Labute approximate surface area is 124 Å². The van der Waals surface area contributed by atoms with E-state index in [4.69, 9.17) is 17.3 Å². The third kappa shape index (κ3) is 2.71. The zero-order valence-corrected chi connectivity index (χ0v) is 12.9. The molecule has 1 fully saturated rings. The maximum Gasteiger partial charge on any atom is 0.244 e. The minimum atomic E-state index is -3.69. The van der Waals surface area contributed by atoms with Gasteiger partial charge >= 0.3 is 0 Å². The van der Waals surface area contributed by atoms with Gasteiger partial charge in [-0.15, -0.1) is 0 Å². The summed E-state index contributed by atoms with van der Waals surface area (Å²) in [4.78, 5) is 0.0731. The van der Waals surface area contributed by atoms with Crippen LogP contribution >= 0.6 is 11.6 Å². The van der Waals surface area contributed by atoms with Crippen LogP contribution in [0.4, 0.5) is 0 Å². The molecule has 1 aliphatic heterocycles. The molecule has 2 rings (SSSR count). The number of aliphatic hydroxyl groups excluding tert-OH is 1. The van der Waals surface area contributed by atoms with Crippen LogP contribution in [0.5, 0.6) is 0 Å². The fourth-order valence-electron chi connectivity index (χ4n) is 2.55. The Morgan fingerprint density at radius 3 is 2.75 bits per heavy atom. The first-order valence-corrected chi connectivity index (χ1v) is 8.34. The maximum absolute atomic E-state index is 12.7. The smallest absolute Gasteiger partial charge is 0.244 e. The van der Waals surface area contributed by atoms with Crippen LogP contribution in [-0.2, 0) is 16.6 Å². The van der Waals surface area contributed by atoms with Crippen molar-refractivity contribution in [2.75, 3.05) is 13.2 Å². The molecular weight excluding hydrogens is 300 g/mol. The van der Waals surface area contributed by atoms with E-state index < -0.39 is 10.0 Å². The first-order valence-electron chi connectivity index (χ1n) is 6.53. The summed E-state index contributed by atoms with van der Waals surface area (Å²) < 4.78 is 26.7. The van der Waals surface area contributed by atoms with Crippen molar-refractivity contribution in [3.8, 4) is 0 Å². The van der Waals surface area contributed by atoms with Crippen molar-refractivity contribution >= 4 is 21.6 Å². The molecule has 0 radical (unpaired) electrons. The van der Waals surface area contributed by atoms with Crippen molar-refractivity contribution in [2.45, 2.75) is 30.8 Å². The number of nitrogens with zero attached hydrogens (tertiary/aromatic N) is 1. The second-order valence-electron chi connectivity index (χ2n) is 5.10. The van der Waals surface area contributed by atoms with E-state index in [1.54, 1.807) is 12.1 Å². The molecule has 20 heavy (non-hydrogen) atoms. The Balaban J connectivity index is 2.40. The van der Waals surface area contributed by atoms with Crippen molar-refractivity contribution < 1.29 is 13.5 Å². The van der Waals surface area contributed by atoms with Crippen LogP contribution in [-0.4, -0.2) is 37.0 Å². The summed E-state index contributed by atoms with van der Waals surface area (Å²) in [6.07, 6.45) is 0.739. The van der Waals surface area contributed by atoms with Crippen LogP contribution in [0.3, 0.4) is 0 Å². The highest BCUT2D eigenvalue weighted by Crippen LogP contribution is 2.32. The first-order chi connectivity index (χ1) is 9.41. The van der Waals surface area contributed by atoms with Gasteiger partial charge in [0.1, 0.15) is 4.90 Å². The highest BCUT2D eigenvalue weighted by atomic mass is 35.5. The molecule has 3 N–H and O–H groups in total. The molecule has 1 aromatic carbocycles. The number of halogens is 1. The van der Waals surface area contributed by atoms with Gasteiger partial charge in [-0.25, -0.2) is 8.42 Å². The normalized spacial score (nSPS) is 24.2. The van der Waals surface area contributed by atoms with Gasteiger partial charge in [0.15, 0.2) is 0 Å². The molecule has 2 atom stereocenters. The van der Waals surface area contributed by atoms with Crippen molar-refractivity contribution in [2.24, 2.45) is 11.7 Å². The number of benzene rings is 1. The molecule has 1 heterocycles. The van der Waals surface area contributed by atoms with Crippen molar-refractivity contribution in [3.05, 3.63) is 28.8 Å². The lowest BCUT2D eigenvalue weighted by Crippen LogP contribution is -2.39. The fraction of sp³-hybridized carbons (Fsp3) is 0.538. The Morgan fingerprint density at radius 1 is 1.50 bits per heavy atom. The van der Waals surface area contributed by atoms with E-state index >= 15 is 0 Å². The third-order valence-electron chi connectivity index (χ3n) is 3.84. The van der Waals surface area contributed by atoms with E-state index in [0.717, 1.165) is 12.0 Å². The Kier molecular flexibility index (Phi) is 4.71. The van der Waals surface area contributed by atoms with E-state index in [1.807, 2.05) is 6.92 Å². The molecule has 0 saturated carbocycles. The number of hydrogen-bond donors (Lipinski definition) is 2. The number of nitrogens with two attached hydrogens (primary N) is 1. The standard InChI is InChI=1S/C13H19ClN2O3S/c1-9-4-5-16(12(9)8-17)20(18,19)13-3-2-10(7-15)6-11(13)14/h2-3,6,9,12,17H,4-5,7-8,15H2,1H3. The Morgan fingerprint density at radius 2 is 2.20 bits per heavy atom. The molecule has 0 amide bonds. The summed E-state index contributed by atoms with van der Waals surface area (Å²) in [5.74, 6) is 0.136. The molecule has 0 aromatic heterocycles. The molecule has 0 spiro atoms. The van der Waals surface area contributed by atoms with Gasteiger partial charge in [-0.3, -0.25) is 0 Å². The van der Waals surface area contributed by atoms with Crippen LogP contribution in [0.15, 0.2) is 23.1 Å². The quantitative estimate of drug-likeness (QED) is 0.873. The van der Waals surface area contributed by atoms with Crippen LogP contribution in [0.25, 0.3) is 0 Å². The highest BCUT2D eigenvalue weighted by molar-refractivity contribution is 7.89. The third-order valence-corrected chi connectivity index (χ3v) is 6.24. The van der Waals surface area contributed by atoms with E-state index in [-0.39, 0.29) is 28.5 Å². The van der Waals surface area contributed by atoms with Gasteiger partial charge in [-0.1, -0.05) is 24.6 Å². The zero-order chi connectivity index (χ0) is 14.9. The lowest BCUT2D eigenvalue weighted by molar-refractivity contribution is 0.191. The van der Waals surface area contributed by atoms with Gasteiger partial charge in [0.05, 0.1) is 17.7 Å². The summed E-state index contributed by atoms with van der Waals surface area (Å²) in [5.41, 5.74) is 6.29. The molecule has 1 aliphatic rings. The van der Waals surface area contributed by atoms with Gasteiger partial charge in [0.2, 0.25) is 10.0 Å². The van der Waals surface area contributed by atoms with Crippen LogP contribution in [0, 0.1) is 5.92 Å². The number of sulfonamides is 1. The number of hydrogen-bond acceptors (Lipinski definition) is 4. The highest BCUT2D eigenvalue weighted by Gasteiger charge is 2.39. The molecule has 0 aliphatic carbocycles. The lowest BCUT2D eigenvalue weighted by atomic mass is 10.0. The SMILES string of the molecule is CC1CCN(S(=O)(=O)c2ccc(CN)cc2Cl)C1CO. The fourth-order valence-corrected chi connectivity index (χ4v) is 4.82. The topological polar surface area (TPSA) is 83.6 Å². The molecule has 112 valence electrons. The Bertz CT molecular complexity index is 591. The number of rotatable bonds is 4. The van der Waals surface area contributed by atoms with E-state index in [2.05, 4.69) is 0 Å². The minimum Gasteiger partial charge on any atom is -0.395 e. The number of aliphatic hydroxyl groups is 1. The zero-order valence-electron chi connectivity index (χ0n) is 11.3. The molecule has 0 bridgehead atoms. The second kappa shape index (κ2) is 5.99. The molecule has 5 nitrogen and oxygen atoms in total. The lowest BCUT2D eigenvalue weighted by Gasteiger charge is -2.25. The molecule has 1 aromatic rings. The van der Waals surface area contributed by atoms with Crippen LogP contribution in [0.1, 0.15) is 18.9 Å². The van der Waals surface area contributed by atoms with Crippen molar-refractivity contribution in [1.82, 2.24) is 4.31 Å². The van der Waals surface area contributed by atoms with E-state index in [9.17, 15) is 13.5 Å².